The van der Waals surface area contributed by atoms with Crippen molar-refractivity contribution in [2.45, 2.75) is 219 Å². The van der Waals surface area contributed by atoms with Crippen molar-refractivity contribution in [3.8, 4) is 0 Å². The van der Waals surface area contributed by atoms with Crippen molar-refractivity contribution in [1.82, 2.24) is 0 Å². The summed E-state index contributed by atoms with van der Waals surface area (Å²) >= 11 is 0. The number of hydrogen-bond acceptors (Lipinski definition) is 6. The van der Waals surface area contributed by atoms with Crippen molar-refractivity contribution in [3.63, 3.8) is 0 Å². The van der Waals surface area contributed by atoms with Gasteiger partial charge in [0.1, 0.15) is 13.2 Å². The van der Waals surface area contributed by atoms with Gasteiger partial charge in [0.05, 0.1) is 0 Å². The molecule has 0 saturated carbocycles. The zero-order chi connectivity index (χ0) is 41.5. The first kappa shape index (κ1) is 53.9. The van der Waals surface area contributed by atoms with Crippen molar-refractivity contribution in [1.29, 1.82) is 0 Å². The van der Waals surface area contributed by atoms with Crippen LogP contribution in [0.2, 0.25) is 0 Å². The van der Waals surface area contributed by atoms with Crippen LogP contribution in [0.5, 0.6) is 0 Å². The minimum absolute atomic E-state index is 0.114. The topological polar surface area (TPSA) is 78.9 Å². The molecular weight excluding hydrogens is 709 g/mol. The first-order chi connectivity index (χ1) is 28.0. The molecule has 0 N–H and O–H groups in total. The molecule has 6 heteroatoms. The molecule has 0 aromatic heterocycles. The molecule has 1 atom stereocenters. The summed E-state index contributed by atoms with van der Waals surface area (Å²) in [6, 6.07) is 0. The van der Waals surface area contributed by atoms with E-state index in [-0.39, 0.29) is 38.0 Å². The van der Waals surface area contributed by atoms with Gasteiger partial charge in [0.25, 0.3) is 0 Å². The van der Waals surface area contributed by atoms with Gasteiger partial charge >= 0.3 is 17.9 Å². The van der Waals surface area contributed by atoms with E-state index in [1.165, 1.54) is 103 Å². The molecule has 6 nitrogen and oxygen atoms in total. The molecule has 326 valence electrons. The minimum atomic E-state index is -0.823. The van der Waals surface area contributed by atoms with Crippen LogP contribution in [-0.2, 0) is 28.6 Å². The molecule has 0 aliphatic heterocycles. The molecule has 0 bridgehead atoms. The molecule has 0 aromatic carbocycles. The van der Waals surface area contributed by atoms with Crippen LogP contribution in [0.3, 0.4) is 0 Å². The number of rotatable bonds is 41. The molecule has 0 amide bonds. The Morgan fingerprint density at radius 3 is 1.16 bits per heavy atom. The highest BCUT2D eigenvalue weighted by atomic mass is 16.6. The van der Waals surface area contributed by atoms with Gasteiger partial charge in [-0.15, -0.1) is 0 Å². The number of ether oxygens (including phenoxy) is 3. The van der Waals surface area contributed by atoms with Crippen LogP contribution in [0.4, 0.5) is 0 Å². The first-order valence-corrected chi connectivity index (χ1v) is 23.4. The average Bonchev–Trinajstić information content (AvgIpc) is 3.21. The molecule has 1 unspecified atom stereocenters. The number of carbonyl (C=O) groups excluding carboxylic acids is 3. The van der Waals surface area contributed by atoms with E-state index >= 15 is 0 Å². The lowest BCUT2D eigenvalue weighted by Crippen LogP contribution is -2.30. The molecule has 0 aliphatic carbocycles. The van der Waals surface area contributed by atoms with Crippen LogP contribution in [-0.4, -0.2) is 37.2 Å². The van der Waals surface area contributed by atoms with Gasteiger partial charge in [0.15, 0.2) is 6.10 Å². The fraction of sp³-hybridized carbons (Fsp3) is 0.706. The normalized spacial score (nSPS) is 12.7. The Balaban J connectivity index is 4.51. The highest BCUT2D eigenvalue weighted by Crippen LogP contribution is 2.12. The second-order valence-electron chi connectivity index (χ2n) is 15.3. The van der Waals surface area contributed by atoms with Gasteiger partial charge in [-0.25, -0.2) is 0 Å². The maximum Gasteiger partial charge on any atom is 0.306 e. The minimum Gasteiger partial charge on any atom is -0.462 e. The van der Waals surface area contributed by atoms with E-state index < -0.39 is 12.1 Å². The Bertz CT molecular complexity index is 1100. The van der Waals surface area contributed by atoms with Gasteiger partial charge in [-0.1, -0.05) is 190 Å². The highest BCUT2D eigenvalue weighted by molar-refractivity contribution is 5.71. The Labute approximate surface area is 351 Å². The predicted octanol–water partition coefficient (Wildman–Crippen LogP) is 15.1. The van der Waals surface area contributed by atoms with Crippen LogP contribution in [0, 0.1) is 0 Å². The molecule has 57 heavy (non-hydrogen) atoms. The van der Waals surface area contributed by atoms with E-state index in [2.05, 4.69) is 87.6 Å². The van der Waals surface area contributed by atoms with Gasteiger partial charge < -0.3 is 14.2 Å². The number of unbranched alkanes of at least 4 members (excludes halogenated alkanes) is 18. The number of carbonyl (C=O) groups is 3. The van der Waals surface area contributed by atoms with Gasteiger partial charge in [-0.2, -0.15) is 0 Å². The van der Waals surface area contributed by atoms with Crippen LogP contribution in [0.25, 0.3) is 0 Å². The van der Waals surface area contributed by atoms with Crippen LogP contribution in [0.1, 0.15) is 213 Å². The maximum absolute atomic E-state index is 12.7. The molecule has 0 spiro atoms. The maximum atomic E-state index is 12.7. The fourth-order valence-electron chi connectivity index (χ4n) is 6.13. The van der Waals surface area contributed by atoms with Gasteiger partial charge in [0.2, 0.25) is 0 Å². The summed E-state index contributed by atoms with van der Waals surface area (Å²) in [5.41, 5.74) is 0. The lowest BCUT2D eigenvalue weighted by Gasteiger charge is -2.18. The number of allylic oxidation sites excluding steroid dienone is 12. The van der Waals surface area contributed by atoms with Crippen molar-refractivity contribution in [2.75, 3.05) is 13.2 Å². The molecule has 0 heterocycles. The third-order valence-electron chi connectivity index (χ3n) is 9.70. The summed E-state index contributed by atoms with van der Waals surface area (Å²) in [6.45, 7) is 6.46. The predicted molar refractivity (Wildman–Crippen MR) is 242 cm³/mol. The fourth-order valence-corrected chi connectivity index (χ4v) is 6.13. The van der Waals surface area contributed by atoms with E-state index in [0.717, 1.165) is 57.8 Å². The molecule has 0 saturated heterocycles. The van der Waals surface area contributed by atoms with Crippen molar-refractivity contribution in [3.05, 3.63) is 72.9 Å². The third kappa shape index (κ3) is 43.8. The molecule has 0 fully saturated rings. The summed E-state index contributed by atoms with van der Waals surface area (Å²) in [5.74, 6) is -1.05. The largest absolute Gasteiger partial charge is 0.462 e. The lowest BCUT2D eigenvalue weighted by atomic mass is 10.1. The highest BCUT2D eigenvalue weighted by Gasteiger charge is 2.19. The van der Waals surface area contributed by atoms with E-state index in [0.29, 0.717) is 19.3 Å². The van der Waals surface area contributed by atoms with E-state index in [1.807, 2.05) is 6.08 Å². The summed E-state index contributed by atoms with van der Waals surface area (Å²) in [5, 5.41) is 0. The molecule has 0 rings (SSSR count). The van der Waals surface area contributed by atoms with Crippen LogP contribution in [0.15, 0.2) is 72.9 Å². The Morgan fingerprint density at radius 2 is 0.684 bits per heavy atom. The zero-order valence-corrected chi connectivity index (χ0v) is 37.1. The van der Waals surface area contributed by atoms with E-state index in [9.17, 15) is 14.4 Å². The Kier molecular flexibility index (Phi) is 43.0. The lowest BCUT2D eigenvalue weighted by molar-refractivity contribution is -0.166. The second-order valence-corrected chi connectivity index (χ2v) is 15.3. The van der Waals surface area contributed by atoms with Crippen molar-refractivity contribution < 1.29 is 28.6 Å². The van der Waals surface area contributed by atoms with E-state index in [4.69, 9.17) is 14.2 Å². The van der Waals surface area contributed by atoms with Crippen molar-refractivity contribution >= 4 is 17.9 Å². The summed E-state index contributed by atoms with van der Waals surface area (Å²) in [6.07, 6.45) is 56.2. The van der Waals surface area contributed by atoms with Crippen LogP contribution >= 0.6 is 0 Å². The van der Waals surface area contributed by atoms with Crippen molar-refractivity contribution in [2.24, 2.45) is 0 Å². The standard InChI is InChI=1S/C51H86O6/c1-4-7-10-13-16-19-21-23-24-25-26-28-29-32-35-38-41-44-50(53)56-47-48(46-55-49(52)43-40-37-34-31-18-15-12-9-6-3)57-51(54)45-42-39-36-33-30-27-22-20-17-14-11-8-5-2/h16,19,23-24,26-28,30,32,35-36,39,48H,4-15,17-18,20-22,25,29,31,33-34,37-38,40-47H2,1-3H3/b19-16-,24-23-,28-26-,30-27-,35-32-,39-36-. The van der Waals surface area contributed by atoms with E-state index in [1.54, 1.807) is 0 Å². The third-order valence-corrected chi connectivity index (χ3v) is 9.70. The Morgan fingerprint density at radius 1 is 0.351 bits per heavy atom. The van der Waals surface area contributed by atoms with Gasteiger partial charge in [-0.05, 0) is 77.0 Å². The molecule has 0 aliphatic rings. The van der Waals surface area contributed by atoms with Gasteiger partial charge in [0, 0.05) is 19.3 Å². The first-order valence-electron chi connectivity index (χ1n) is 23.4. The molecule has 0 aromatic rings. The number of esters is 3. The quantitative estimate of drug-likeness (QED) is 0.0265. The summed E-state index contributed by atoms with van der Waals surface area (Å²) < 4.78 is 16.6. The molecule has 0 radical (unpaired) electrons. The monoisotopic (exact) mass is 795 g/mol. The van der Waals surface area contributed by atoms with Gasteiger partial charge in [-0.3, -0.25) is 14.4 Å². The van der Waals surface area contributed by atoms with Crippen LogP contribution < -0.4 is 0 Å². The number of hydrogen-bond donors (Lipinski definition) is 0. The Hall–Kier alpha value is -3.15. The average molecular weight is 795 g/mol. The smallest absolute Gasteiger partial charge is 0.306 e. The molecular formula is C51H86O6. The summed E-state index contributed by atoms with van der Waals surface area (Å²) in [7, 11) is 0. The SMILES string of the molecule is CCCCC/C=C\C/C=C\C/C=C\C/C=C\CCCC(=O)OCC(COC(=O)CCCCCCCCCCC)OC(=O)CC/C=C\C/C=C\CCCCCCCC. The zero-order valence-electron chi connectivity index (χ0n) is 37.1. The second kappa shape index (κ2) is 45.6. The summed E-state index contributed by atoms with van der Waals surface area (Å²) in [4.78, 5) is 37.7.